The normalized spacial score (nSPS) is 33.4. The van der Waals surface area contributed by atoms with Crippen LogP contribution in [0.3, 0.4) is 0 Å². The van der Waals surface area contributed by atoms with Crippen LogP contribution >= 0.6 is 0 Å². The van der Waals surface area contributed by atoms with E-state index in [2.05, 4.69) is 19.1 Å². The summed E-state index contributed by atoms with van der Waals surface area (Å²) in [7, 11) is 0. The van der Waals surface area contributed by atoms with Gasteiger partial charge in [0.05, 0.1) is 18.3 Å². The zero-order chi connectivity index (χ0) is 28.2. The quantitative estimate of drug-likeness (QED) is 0.120. The molecule has 40 heavy (non-hydrogen) atoms. The van der Waals surface area contributed by atoms with E-state index in [1.54, 1.807) is 6.08 Å². The molecule has 2 saturated heterocycles. The van der Waals surface area contributed by atoms with Crippen LogP contribution in [0.4, 0.5) is 0 Å². The zero-order valence-corrected chi connectivity index (χ0v) is 24.7. The van der Waals surface area contributed by atoms with Gasteiger partial charge in [-0.25, -0.2) is 4.79 Å². The van der Waals surface area contributed by atoms with Crippen LogP contribution in [0.25, 0.3) is 0 Å². The van der Waals surface area contributed by atoms with Crippen molar-refractivity contribution in [1.29, 1.82) is 0 Å². The van der Waals surface area contributed by atoms with E-state index in [0.717, 1.165) is 77.4 Å². The SMILES string of the molecule is CCCCC1([C@@H](C=C[C@@H]2[C@@H](CCCCC=CC(=O)O)[C@@H](O)C[C@H]2OC2CCCCO2)OC2CCCCO2)CCC1. The fraction of sp³-hybridized carbons (Fsp3) is 0.848. The predicted octanol–water partition coefficient (Wildman–Crippen LogP) is 6.92. The van der Waals surface area contributed by atoms with Gasteiger partial charge in [0, 0.05) is 37.0 Å². The average molecular weight is 563 g/mol. The number of hydrogen-bond donors (Lipinski definition) is 2. The lowest BCUT2D eigenvalue weighted by Gasteiger charge is -2.48. The molecule has 4 rings (SSSR count). The molecule has 2 heterocycles. The topological polar surface area (TPSA) is 94.5 Å². The van der Waals surface area contributed by atoms with E-state index < -0.39 is 12.1 Å². The van der Waals surface area contributed by atoms with Crippen molar-refractivity contribution in [2.24, 2.45) is 17.3 Å². The molecule has 0 bridgehead atoms. The molecule has 228 valence electrons. The Bertz CT molecular complexity index is 795. The second-order valence-corrected chi connectivity index (χ2v) is 12.6. The van der Waals surface area contributed by atoms with Crippen LogP contribution in [-0.2, 0) is 23.7 Å². The lowest BCUT2D eigenvalue weighted by Crippen LogP contribution is -2.44. The molecule has 4 fully saturated rings. The zero-order valence-electron chi connectivity index (χ0n) is 24.7. The molecule has 0 aromatic carbocycles. The van der Waals surface area contributed by atoms with Crippen molar-refractivity contribution in [3.05, 3.63) is 24.3 Å². The number of aliphatic hydroxyl groups excluding tert-OH is 1. The maximum Gasteiger partial charge on any atom is 0.327 e. The molecule has 0 aromatic rings. The van der Waals surface area contributed by atoms with E-state index in [9.17, 15) is 9.90 Å². The Morgan fingerprint density at radius 2 is 1.77 bits per heavy atom. The number of aliphatic carboxylic acids is 1. The number of aliphatic hydroxyl groups is 1. The maximum absolute atomic E-state index is 11.2. The molecule has 0 radical (unpaired) electrons. The van der Waals surface area contributed by atoms with Gasteiger partial charge in [-0.2, -0.15) is 0 Å². The summed E-state index contributed by atoms with van der Waals surface area (Å²) in [6, 6.07) is 0. The highest BCUT2D eigenvalue weighted by Crippen LogP contribution is 2.50. The molecule has 2 aliphatic carbocycles. The van der Waals surface area contributed by atoms with Crippen molar-refractivity contribution in [2.45, 2.75) is 147 Å². The third kappa shape index (κ3) is 9.12. The fourth-order valence-corrected chi connectivity index (χ4v) is 7.18. The molecule has 2 aliphatic heterocycles. The Hall–Kier alpha value is -1.25. The number of allylic oxidation sites excluding steroid dienone is 1. The van der Waals surface area contributed by atoms with E-state index in [-0.39, 0.29) is 42.0 Å². The summed E-state index contributed by atoms with van der Waals surface area (Å²) >= 11 is 0. The number of carboxylic acids is 1. The number of rotatable bonds is 16. The van der Waals surface area contributed by atoms with Gasteiger partial charge in [0.2, 0.25) is 0 Å². The average Bonchev–Trinajstić information content (AvgIpc) is 3.22. The summed E-state index contributed by atoms with van der Waals surface area (Å²) in [5.41, 5.74) is 0.180. The molecular weight excluding hydrogens is 508 g/mol. The molecule has 0 spiro atoms. The summed E-state index contributed by atoms with van der Waals surface area (Å²) in [6.45, 7) is 3.78. The van der Waals surface area contributed by atoms with Crippen molar-refractivity contribution < 1.29 is 34.0 Å². The van der Waals surface area contributed by atoms with Crippen LogP contribution in [0, 0.1) is 17.3 Å². The lowest BCUT2D eigenvalue weighted by atomic mass is 9.62. The molecule has 7 nitrogen and oxygen atoms in total. The first-order chi connectivity index (χ1) is 19.5. The fourth-order valence-electron chi connectivity index (χ4n) is 7.18. The standard InChI is InChI=1S/C33H54O7/c1-2-3-19-33(20-12-21-33)29(40-32-16-9-11-23-38-32)18-17-26-25(13-6-4-5-7-14-30(35)36)27(34)24-28(26)39-31-15-8-10-22-37-31/h7,14,17-18,25-29,31-32,34H,2-6,8-13,15-16,19-24H2,1H3,(H,35,36)/t25-,26-,27+,28-,29-,31?,32?/m1/s1. The van der Waals surface area contributed by atoms with Gasteiger partial charge in [-0.15, -0.1) is 0 Å². The summed E-state index contributed by atoms with van der Waals surface area (Å²) in [5.74, 6) is -0.704. The van der Waals surface area contributed by atoms with Gasteiger partial charge in [0.15, 0.2) is 12.6 Å². The van der Waals surface area contributed by atoms with Gasteiger partial charge >= 0.3 is 5.97 Å². The first-order valence-electron chi connectivity index (χ1n) is 16.3. The number of carboxylic acid groups (broad SMARTS) is 1. The molecule has 4 aliphatic rings. The predicted molar refractivity (Wildman–Crippen MR) is 155 cm³/mol. The van der Waals surface area contributed by atoms with Gasteiger partial charge in [0.25, 0.3) is 0 Å². The van der Waals surface area contributed by atoms with Crippen molar-refractivity contribution >= 4 is 5.97 Å². The highest BCUT2D eigenvalue weighted by molar-refractivity contribution is 5.79. The molecule has 7 heteroatoms. The minimum atomic E-state index is -0.903. The van der Waals surface area contributed by atoms with E-state index in [1.165, 1.54) is 44.6 Å². The Labute approximate surface area is 241 Å². The van der Waals surface area contributed by atoms with Crippen LogP contribution in [0.1, 0.15) is 116 Å². The highest BCUT2D eigenvalue weighted by atomic mass is 16.7. The molecule has 0 aromatic heterocycles. The molecule has 7 atom stereocenters. The van der Waals surface area contributed by atoms with Gasteiger partial charge in [0.1, 0.15) is 0 Å². The molecule has 2 saturated carbocycles. The number of ether oxygens (including phenoxy) is 4. The van der Waals surface area contributed by atoms with Crippen molar-refractivity contribution in [3.63, 3.8) is 0 Å². The number of carbonyl (C=O) groups is 1. The largest absolute Gasteiger partial charge is 0.478 e. The van der Waals surface area contributed by atoms with Crippen LogP contribution in [0.15, 0.2) is 24.3 Å². The van der Waals surface area contributed by atoms with Crippen LogP contribution < -0.4 is 0 Å². The third-order valence-electron chi connectivity index (χ3n) is 9.70. The van der Waals surface area contributed by atoms with E-state index in [4.69, 9.17) is 24.1 Å². The third-order valence-corrected chi connectivity index (χ3v) is 9.70. The second kappa shape index (κ2) is 16.4. The second-order valence-electron chi connectivity index (χ2n) is 12.6. The Morgan fingerprint density at radius 1 is 1.02 bits per heavy atom. The first kappa shape index (κ1) is 31.7. The first-order valence-corrected chi connectivity index (χ1v) is 16.3. The minimum absolute atomic E-state index is 0.0158. The van der Waals surface area contributed by atoms with Gasteiger partial charge in [-0.1, -0.05) is 50.8 Å². The monoisotopic (exact) mass is 562 g/mol. The van der Waals surface area contributed by atoms with Crippen LogP contribution in [-0.4, -0.2) is 60.3 Å². The summed E-state index contributed by atoms with van der Waals surface area (Å²) < 4.78 is 25.2. The maximum atomic E-state index is 11.2. The van der Waals surface area contributed by atoms with Gasteiger partial charge < -0.3 is 29.2 Å². The highest BCUT2D eigenvalue weighted by Gasteiger charge is 2.46. The smallest absolute Gasteiger partial charge is 0.327 e. The van der Waals surface area contributed by atoms with Crippen molar-refractivity contribution in [2.75, 3.05) is 13.2 Å². The van der Waals surface area contributed by atoms with E-state index in [1.807, 2.05) is 0 Å². The molecule has 2 N–H and O–H groups in total. The summed E-state index contributed by atoms with van der Waals surface area (Å²) in [5, 5.41) is 20.0. The summed E-state index contributed by atoms with van der Waals surface area (Å²) in [4.78, 5) is 10.8. The van der Waals surface area contributed by atoms with Crippen molar-refractivity contribution in [1.82, 2.24) is 0 Å². The van der Waals surface area contributed by atoms with Crippen molar-refractivity contribution in [3.8, 4) is 0 Å². The lowest BCUT2D eigenvalue weighted by molar-refractivity contribution is -0.211. The number of unbranched alkanes of at least 4 members (excludes halogenated alkanes) is 3. The molecule has 2 unspecified atom stereocenters. The van der Waals surface area contributed by atoms with Crippen LogP contribution in [0.2, 0.25) is 0 Å². The van der Waals surface area contributed by atoms with E-state index >= 15 is 0 Å². The van der Waals surface area contributed by atoms with Gasteiger partial charge in [-0.3, -0.25) is 0 Å². The number of hydrogen-bond acceptors (Lipinski definition) is 6. The molecule has 0 amide bonds. The van der Waals surface area contributed by atoms with Crippen LogP contribution in [0.5, 0.6) is 0 Å². The van der Waals surface area contributed by atoms with Gasteiger partial charge in [-0.05, 0) is 83.0 Å². The Kier molecular flexibility index (Phi) is 13.0. The molecular formula is C33H54O7. The Balaban J connectivity index is 1.48. The Morgan fingerprint density at radius 3 is 2.40 bits per heavy atom. The summed E-state index contributed by atoms with van der Waals surface area (Å²) in [6.07, 6.45) is 24.4. The minimum Gasteiger partial charge on any atom is -0.478 e. The van der Waals surface area contributed by atoms with E-state index in [0.29, 0.717) is 6.42 Å².